The molecular formula is C9H17BrN4O. The second kappa shape index (κ2) is 5.60. The second-order valence-corrected chi connectivity index (χ2v) is 4.29. The predicted molar refractivity (Wildman–Crippen MR) is 62.3 cm³/mol. The minimum atomic E-state index is 0.0982. The van der Waals surface area contributed by atoms with Gasteiger partial charge in [0.2, 0.25) is 0 Å². The summed E-state index contributed by atoms with van der Waals surface area (Å²) in [6.07, 6.45) is 0.780. The van der Waals surface area contributed by atoms with Crippen LogP contribution in [0.3, 0.4) is 0 Å². The van der Waals surface area contributed by atoms with Gasteiger partial charge < -0.3 is 4.74 Å². The first-order valence-corrected chi connectivity index (χ1v) is 5.52. The topological polar surface area (TPSA) is 65.1 Å². The van der Waals surface area contributed by atoms with Crippen molar-refractivity contribution in [3.63, 3.8) is 0 Å². The van der Waals surface area contributed by atoms with Crippen LogP contribution in [0.4, 0.5) is 0 Å². The molecule has 0 radical (unpaired) electrons. The van der Waals surface area contributed by atoms with Crippen molar-refractivity contribution in [2.24, 2.45) is 12.9 Å². The molecule has 0 spiro atoms. The van der Waals surface area contributed by atoms with E-state index in [1.807, 2.05) is 18.7 Å². The molecule has 1 aromatic heterocycles. The smallest absolute Gasteiger partial charge is 0.0738 e. The van der Waals surface area contributed by atoms with Crippen molar-refractivity contribution in [3.8, 4) is 0 Å². The number of hydrazine groups is 1. The van der Waals surface area contributed by atoms with Crippen molar-refractivity contribution in [1.29, 1.82) is 0 Å². The number of hydrogen-bond donors (Lipinski definition) is 2. The summed E-state index contributed by atoms with van der Waals surface area (Å²) in [7, 11) is 3.58. The molecule has 15 heavy (non-hydrogen) atoms. The van der Waals surface area contributed by atoms with Crippen LogP contribution < -0.4 is 11.3 Å². The van der Waals surface area contributed by atoms with E-state index in [-0.39, 0.29) is 6.04 Å². The standard InChI is InChI=1S/C9H17BrN4O/c1-6-9(10)8(14(2)13-6)4-7(12-11)5-15-3/h7,12H,4-5,11H2,1-3H3. The van der Waals surface area contributed by atoms with Gasteiger partial charge in [0.25, 0.3) is 0 Å². The second-order valence-electron chi connectivity index (χ2n) is 3.49. The van der Waals surface area contributed by atoms with E-state index in [4.69, 9.17) is 10.6 Å². The Labute approximate surface area is 98.1 Å². The minimum absolute atomic E-state index is 0.0982. The van der Waals surface area contributed by atoms with Crippen LogP contribution >= 0.6 is 15.9 Å². The summed E-state index contributed by atoms with van der Waals surface area (Å²) in [5.74, 6) is 5.44. The van der Waals surface area contributed by atoms with Gasteiger partial charge in [-0.05, 0) is 22.9 Å². The van der Waals surface area contributed by atoms with Gasteiger partial charge in [0.15, 0.2) is 0 Å². The van der Waals surface area contributed by atoms with Crippen LogP contribution in [0.25, 0.3) is 0 Å². The number of nitrogens with zero attached hydrogens (tertiary/aromatic N) is 2. The number of nitrogens with one attached hydrogen (secondary N) is 1. The van der Waals surface area contributed by atoms with Crippen LogP contribution in [0, 0.1) is 6.92 Å². The number of aromatic nitrogens is 2. The van der Waals surface area contributed by atoms with Gasteiger partial charge in [-0.1, -0.05) is 0 Å². The zero-order valence-electron chi connectivity index (χ0n) is 9.25. The van der Waals surface area contributed by atoms with E-state index in [0.717, 1.165) is 22.3 Å². The number of aryl methyl sites for hydroxylation is 2. The highest BCUT2D eigenvalue weighted by molar-refractivity contribution is 9.10. The fourth-order valence-electron chi connectivity index (χ4n) is 1.50. The molecular weight excluding hydrogens is 260 g/mol. The molecule has 1 atom stereocenters. The van der Waals surface area contributed by atoms with Gasteiger partial charge in [0, 0.05) is 26.6 Å². The van der Waals surface area contributed by atoms with E-state index in [1.54, 1.807) is 7.11 Å². The van der Waals surface area contributed by atoms with E-state index >= 15 is 0 Å². The summed E-state index contributed by atoms with van der Waals surface area (Å²) in [5.41, 5.74) is 4.83. The maximum atomic E-state index is 5.44. The summed E-state index contributed by atoms with van der Waals surface area (Å²) in [6.45, 7) is 2.54. The third-order valence-corrected chi connectivity index (χ3v) is 3.34. The summed E-state index contributed by atoms with van der Waals surface area (Å²) < 4.78 is 7.97. The van der Waals surface area contributed by atoms with Crippen LogP contribution in [-0.2, 0) is 18.2 Å². The molecule has 3 N–H and O–H groups in total. The van der Waals surface area contributed by atoms with Crippen LogP contribution in [0.5, 0.6) is 0 Å². The molecule has 86 valence electrons. The van der Waals surface area contributed by atoms with Gasteiger partial charge in [0.05, 0.1) is 22.5 Å². The van der Waals surface area contributed by atoms with Crippen molar-refractivity contribution in [2.75, 3.05) is 13.7 Å². The average molecular weight is 277 g/mol. The number of halogens is 1. The summed E-state index contributed by atoms with van der Waals surface area (Å²) in [6, 6.07) is 0.0982. The number of hydrogen-bond acceptors (Lipinski definition) is 4. The fourth-order valence-corrected chi connectivity index (χ4v) is 2.00. The SMILES string of the molecule is COCC(Cc1c(Br)c(C)nn1C)NN. The molecule has 6 heteroatoms. The summed E-state index contributed by atoms with van der Waals surface area (Å²) >= 11 is 3.52. The van der Waals surface area contributed by atoms with Crippen molar-refractivity contribution < 1.29 is 4.74 Å². The molecule has 0 saturated heterocycles. The highest BCUT2D eigenvalue weighted by atomic mass is 79.9. The summed E-state index contributed by atoms with van der Waals surface area (Å²) in [4.78, 5) is 0. The Balaban J connectivity index is 2.78. The molecule has 0 saturated carbocycles. The van der Waals surface area contributed by atoms with E-state index in [0.29, 0.717) is 6.61 Å². The molecule has 0 fully saturated rings. The molecule has 0 aliphatic rings. The van der Waals surface area contributed by atoms with Gasteiger partial charge in [0.1, 0.15) is 0 Å². The Kier molecular flexibility index (Phi) is 4.72. The number of ether oxygens (including phenoxy) is 1. The van der Waals surface area contributed by atoms with Gasteiger partial charge in [-0.2, -0.15) is 5.10 Å². The lowest BCUT2D eigenvalue weighted by Crippen LogP contribution is -2.40. The zero-order chi connectivity index (χ0) is 11.4. The number of methoxy groups -OCH3 is 1. The van der Waals surface area contributed by atoms with Gasteiger partial charge in [-0.3, -0.25) is 16.0 Å². The monoisotopic (exact) mass is 276 g/mol. The third-order valence-electron chi connectivity index (χ3n) is 2.30. The Morgan fingerprint density at radius 2 is 2.33 bits per heavy atom. The van der Waals surface area contributed by atoms with E-state index in [1.165, 1.54) is 0 Å². The molecule has 0 aliphatic carbocycles. The molecule has 1 aromatic rings. The Morgan fingerprint density at radius 1 is 1.67 bits per heavy atom. The molecule has 5 nitrogen and oxygen atoms in total. The minimum Gasteiger partial charge on any atom is -0.383 e. The van der Waals surface area contributed by atoms with E-state index < -0.39 is 0 Å². The molecule has 1 rings (SSSR count). The van der Waals surface area contributed by atoms with E-state index in [2.05, 4.69) is 26.5 Å². The van der Waals surface area contributed by atoms with Crippen molar-refractivity contribution in [3.05, 3.63) is 15.9 Å². The molecule has 0 amide bonds. The molecule has 0 aliphatic heterocycles. The first kappa shape index (κ1) is 12.6. The highest BCUT2D eigenvalue weighted by Gasteiger charge is 2.15. The Hall–Kier alpha value is -0.430. The summed E-state index contributed by atoms with van der Waals surface area (Å²) in [5, 5.41) is 4.32. The molecule has 1 heterocycles. The predicted octanol–water partition coefficient (Wildman–Crippen LogP) is 0.512. The Bertz CT molecular complexity index is 326. The van der Waals surface area contributed by atoms with Crippen LogP contribution in [0.2, 0.25) is 0 Å². The molecule has 0 aromatic carbocycles. The average Bonchev–Trinajstić information content (AvgIpc) is 2.44. The first-order chi connectivity index (χ1) is 7.10. The zero-order valence-corrected chi connectivity index (χ0v) is 10.8. The van der Waals surface area contributed by atoms with Crippen LogP contribution in [0.1, 0.15) is 11.4 Å². The number of nitrogens with two attached hydrogens (primary N) is 1. The quantitative estimate of drug-likeness (QED) is 0.608. The van der Waals surface area contributed by atoms with Crippen LogP contribution in [-0.4, -0.2) is 29.5 Å². The van der Waals surface area contributed by atoms with Gasteiger partial charge in [-0.25, -0.2) is 0 Å². The number of rotatable bonds is 5. The van der Waals surface area contributed by atoms with Gasteiger partial charge in [-0.15, -0.1) is 0 Å². The lowest BCUT2D eigenvalue weighted by atomic mass is 10.1. The lowest BCUT2D eigenvalue weighted by Gasteiger charge is -2.14. The maximum absolute atomic E-state index is 5.44. The maximum Gasteiger partial charge on any atom is 0.0738 e. The van der Waals surface area contributed by atoms with Crippen molar-refractivity contribution in [2.45, 2.75) is 19.4 Å². The fraction of sp³-hybridized carbons (Fsp3) is 0.667. The third kappa shape index (κ3) is 3.01. The van der Waals surface area contributed by atoms with Crippen molar-refractivity contribution >= 4 is 15.9 Å². The van der Waals surface area contributed by atoms with Crippen LogP contribution in [0.15, 0.2) is 4.47 Å². The van der Waals surface area contributed by atoms with E-state index in [9.17, 15) is 0 Å². The first-order valence-electron chi connectivity index (χ1n) is 4.73. The molecule has 0 bridgehead atoms. The Morgan fingerprint density at radius 3 is 2.73 bits per heavy atom. The van der Waals surface area contributed by atoms with Gasteiger partial charge >= 0.3 is 0 Å². The largest absolute Gasteiger partial charge is 0.383 e. The normalized spacial score (nSPS) is 13.1. The van der Waals surface area contributed by atoms with Crippen molar-refractivity contribution in [1.82, 2.24) is 15.2 Å². The molecule has 1 unspecified atom stereocenters. The lowest BCUT2D eigenvalue weighted by molar-refractivity contribution is 0.165. The highest BCUT2D eigenvalue weighted by Crippen LogP contribution is 2.21.